The third-order valence-electron chi connectivity index (χ3n) is 3.13. The quantitative estimate of drug-likeness (QED) is 0.800. The summed E-state index contributed by atoms with van der Waals surface area (Å²) in [6.07, 6.45) is 0. The van der Waals surface area contributed by atoms with Gasteiger partial charge in [-0.15, -0.1) is 0 Å². The third-order valence-corrected chi connectivity index (χ3v) is 4.73. The highest BCUT2D eigenvalue weighted by Gasteiger charge is 2.17. The molecule has 0 fully saturated rings. The molecule has 0 aromatic heterocycles. The maximum atomic E-state index is 12.2. The Bertz CT molecular complexity index is 727. The van der Waals surface area contributed by atoms with Crippen LogP contribution in [0.25, 0.3) is 0 Å². The number of aryl methyl sites for hydroxylation is 1. The molecule has 0 aliphatic carbocycles. The predicted octanol–water partition coefficient (Wildman–Crippen LogP) is 2.32. The van der Waals surface area contributed by atoms with Crippen molar-refractivity contribution >= 4 is 15.7 Å². The Labute approximate surface area is 131 Å². The highest BCUT2D eigenvalue weighted by atomic mass is 32.2. The molecule has 2 aromatic carbocycles. The molecule has 118 valence electrons. The molecule has 0 saturated heterocycles. The average Bonchev–Trinajstić information content (AvgIpc) is 2.46. The Morgan fingerprint density at radius 1 is 1.14 bits per heavy atom. The molecule has 6 heteroatoms. The molecule has 5 nitrogen and oxygen atoms in total. The Morgan fingerprint density at radius 3 is 2.41 bits per heavy atom. The van der Waals surface area contributed by atoms with E-state index in [0.29, 0.717) is 5.69 Å². The predicted molar refractivity (Wildman–Crippen MR) is 87.3 cm³/mol. The second-order valence-corrected chi connectivity index (χ2v) is 6.88. The van der Waals surface area contributed by atoms with E-state index in [1.165, 1.54) is 12.1 Å². The fraction of sp³-hybridized carbons (Fsp3) is 0.250. The second-order valence-electron chi connectivity index (χ2n) is 5.17. The fourth-order valence-electron chi connectivity index (χ4n) is 1.95. The number of hydrogen-bond donors (Lipinski definition) is 2. The van der Waals surface area contributed by atoms with Crippen molar-refractivity contribution in [1.29, 1.82) is 0 Å². The zero-order valence-electron chi connectivity index (χ0n) is 12.6. The van der Waals surface area contributed by atoms with Gasteiger partial charge >= 0.3 is 0 Å². The van der Waals surface area contributed by atoms with Gasteiger partial charge in [0.2, 0.25) is 10.0 Å². The number of nitrogens with two attached hydrogens (primary N) is 1. The standard InChI is InChI=1S/C16H20N2O3S/c1-12-5-3-4-6-16(12)21-11-13(2)18-22(19,20)15-9-7-14(17)8-10-15/h3-10,13,18H,11,17H2,1-2H3/t13-/m1/s1. The molecule has 0 bridgehead atoms. The number of para-hydroxylation sites is 1. The number of nitrogen functional groups attached to an aromatic ring is 1. The van der Waals surface area contributed by atoms with Gasteiger partial charge in [0.05, 0.1) is 10.9 Å². The van der Waals surface area contributed by atoms with E-state index in [-0.39, 0.29) is 17.5 Å². The molecule has 0 radical (unpaired) electrons. The summed E-state index contributed by atoms with van der Waals surface area (Å²) in [6.45, 7) is 3.95. The Balaban J connectivity index is 1.98. The summed E-state index contributed by atoms with van der Waals surface area (Å²) < 4.78 is 32.7. The van der Waals surface area contributed by atoms with Gasteiger partial charge in [-0.1, -0.05) is 18.2 Å². The zero-order chi connectivity index (χ0) is 16.2. The van der Waals surface area contributed by atoms with Crippen molar-refractivity contribution in [2.24, 2.45) is 0 Å². The number of benzene rings is 2. The summed E-state index contributed by atoms with van der Waals surface area (Å²) in [5, 5.41) is 0. The number of rotatable bonds is 6. The molecule has 1 atom stereocenters. The van der Waals surface area contributed by atoms with Gasteiger partial charge in [0.25, 0.3) is 0 Å². The summed E-state index contributed by atoms with van der Waals surface area (Å²) in [7, 11) is -3.58. The minimum atomic E-state index is -3.58. The Kier molecular flexibility index (Phi) is 5.05. The van der Waals surface area contributed by atoms with Crippen molar-refractivity contribution in [3.05, 3.63) is 54.1 Å². The van der Waals surface area contributed by atoms with E-state index in [2.05, 4.69) is 4.72 Å². The first-order chi connectivity index (χ1) is 10.4. The van der Waals surface area contributed by atoms with Gasteiger partial charge in [-0.2, -0.15) is 0 Å². The molecule has 0 saturated carbocycles. The van der Waals surface area contributed by atoms with Crippen LogP contribution < -0.4 is 15.2 Å². The van der Waals surface area contributed by atoms with Crippen molar-refractivity contribution in [3.8, 4) is 5.75 Å². The number of anilines is 1. The lowest BCUT2D eigenvalue weighted by Gasteiger charge is -2.16. The van der Waals surface area contributed by atoms with Crippen LogP contribution >= 0.6 is 0 Å². The van der Waals surface area contributed by atoms with E-state index in [0.717, 1.165) is 11.3 Å². The van der Waals surface area contributed by atoms with E-state index in [1.54, 1.807) is 19.1 Å². The first kappa shape index (κ1) is 16.3. The first-order valence-electron chi connectivity index (χ1n) is 6.95. The highest BCUT2D eigenvalue weighted by Crippen LogP contribution is 2.17. The Morgan fingerprint density at radius 2 is 1.77 bits per heavy atom. The minimum absolute atomic E-state index is 0.185. The summed E-state index contributed by atoms with van der Waals surface area (Å²) in [5.74, 6) is 0.751. The van der Waals surface area contributed by atoms with Crippen molar-refractivity contribution in [2.45, 2.75) is 24.8 Å². The van der Waals surface area contributed by atoms with E-state index < -0.39 is 10.0 Å². The van der Waals surface area contributed by atoms with Gasteiger partial charge in [0.15, 0.2) is 0 Å². The van der Waals surface area contributed by atoms with Gasteiger partial charge in [0, 0.05) is 5.69 Å². The Hall–Kier alpha value is -2.05. The molecular formula is C16H20N2O3S. The van der Waals surface area contributed by atoms with Crippen LogP contribution in [-0.4, -0.2) is 21.1 Å². The summed E-state index contributed by atoms with van der Waals surface area (Å²) in [6, 6.07) is 13.3. The summed E-state index contributed by atoms with van der Waals surface area (Å²) in [4.78, 5) is 0.185. The molecule has 22 heavy (non-hydrogen) atoms. The van der Waals surface area contributed by atoms with Crippen LogP contribution in [0, 0.1) is 6.92 Å². The van der Waals surface area contributed by atoms with Crippen molar-refractivity contribution in [3.63, 3.8) is 0 Å². The number of hydrogen-bond acceptors (Lipinski definition) is 4. The molecule has 0 aliphatic rings. The van der Waals surface area contributed by atoms with Crippen LogP contribution in [0.4, 0.5) is 5.69 Å². The molecule has 0 heterocycles. The van der Waals surface area contributed by atoms with E-state index in [1.807, 2.05) is 31.2 Å². The molecule has 0 spiro atoms. The van der Waals surface area contributed by atoms with Gasteiger partial charge < -0.3 is 10.5 Å². The van der Waals surface area contributed by atoms with E-state index in [4.69, 9.17) is 10.5 Å². The lowest BCUT2D eigenvalue weighted by molar-refractivity contribution is 0.286. The normalized spacial score (nSPS) is 12.8. The minimum Gasteiger partial charge on any atom is -0.492 e. The van der Waals surface area contributed by atoms with E-state index in [9.17, 15) is 8.42 Å². The molecule has 2 aromatic rings. The van der Waals surface area contributed by atoms with Crippen LogP contribution in [0.3, 0.4) is 0 Å². The second kappa shape index (κ2) is 6.81. The van der Waals surface area contributed by atoms with Gasteiger partial charge in [-0.05, 0) is 49.7 Å². The third kappa shape index (κ3) is 4.22. The molecule has 2 rings (SSSR count). The maximum Gasteiger partial charge on any atom is 0.240 e. The van der Waals surface area contributed by atoms with Gasteiger partial charge in [-0.25, -0.2) is 13.1 Å². The zero-order valence-corrected chi connectivity index (χ0v) is 13.4. The van der Waals surface area contributed by atoms with Crippen molar-refractivity contribution in [1.82, 2.24) is 4.72 Å². The fourth-order valence-corrected chi connectivity index (χ4v) is 3.18. The summed E-state index contributed by atoms with van der Waals surface area (Å²) in [5.41, 5.74) is 7.10. The molecular weight excluding hydrogens is 300 g/mol. The van der Waals surface area contributed by atoms with Crippen molar-refractivity contribution < 1.29 is 13.2 Å². The van der Waals surface area contributed by atoms with Crippen LogP contribution in [0.1, 0.15) is 12.5 Å². The topological polar surface area (TPSA) is 81.4 Å². The smallest absolute Gasteiger partial charge is 0.240 e. The van der Waals surface area contributed by atoms with Gasteiger partial charge in [0.1, 0.15) is 12.4 Å². The molecule has 0 aliphatic heterocycles. The van der Waals surface area contributed by atoms with Crippen molar-refractivity contribution in [2.75, 3.05) is 12.3 Å². The molecule has 0 unspecified atom stereocenters. The molecule has 3 N–H and O–H groups in total. The maximum absolute atomic E-state index is 12.2. The summed E-state index contributed by atoms with van der Waals surface area (Å²) >= 11 is 0. The van der Waals surface area contributed by atoms with Crippen LogP contribution in [0.15, 0.2) is 53.4 Å². The average molecular weight is 320 g/mol. The molecule has 0 amide bonds. The van der Waals surface area contributed by atoms with Crippen LogP contribution in [-0.2, 0) is 10.0 Å². The monoisotopic (exact) mass is 320 g/mol. The lowest BCUT2D eigenvalue weighted by Crippen LogP contribution is -2.36. The van der Waals surface area contributed by atoms with Crippen LogP contribution in [0.2, 0.25) is 0 Å². The van der Waals surface area contributed by atoms with E-state index >= 15 is 0 Å². The number of sulfonamides is 1. The lowest BCUT2D eigenvalue weighted by atomic mass is 10.2. The largest absolute Gasteiger partial charge is 0.492 e. The highest BCUT2D eigenvalue weighted by molar-refractivity contribution is 7.89. The SMILES string of the molecule is Cc1ccccc1OC[C@@H](C)NS(=O)(=O)c1ccc(N)cc1. The van der Waals surface area contributed by atoms with Gasteiger partial charge in [-0.3, -0.25) is 0 Å². The first-order valence-corrected chi connectivity index (χ1v) is 8.43. The number of ether oxygens (including phenoxy) is 1. The van der Waals surface area contributed by atoms with Crippen LogP contribution in [0.5, 0.6) is 5.75 Å². The number of nitrogens with one attached hydrogen (secondary N) is 1.